The normalized spacial score (nSPS) is 17.9. The highest BCUT2D eigenvalue weighted by Gasteiger charge is 2.37. The van der Waals surface area contributed by atoms with Gasteiger partial charge in [0, 0.05) is 79.4 Å². The molecule has 0 unspecified atom stereocenters. The maximum Gasteiger partial charge on any atom is 0.253 e. The van der Waals surface area contributed by atoms with Crippen LogP contribution in [0.1, 0.15) is 24.2 Å². The number of hydrogen-bond acceptors (Lipinski definition) is 4. The predicted octanol–water partition coefficient (Wildman–Crippen LogP) is 5.13. The van der Waals surface area contributed by atoms with E-state index in [2.05, 4.69) is 66.0 Å². The third-order valence-electron chi connectivity index (χ3n) is 7.57. The van der Waals surface area contributed by atoms with Crippen LogP contribution in [0, 0.1) is 5.41 Å². The second-order valence-corrected chi connectivity index (χ2v) is 11.1. The van der Waals surface area contributed by atoms with Gasteiger partial charge >= 0.3 is 0 Å². The molecule has 2 fully saturated rings. The molecule has 4 heterocycles. The molecule has 2 aliphatic heterocycles. The van der Waals surface area contributed by atoms with Gasteiger partial charge in [-0.2, -0.15) is 0 Å². The highest BCUT2D eigenvalue weighted by molar-refractivity contribution is 5.98. The first-order valence-corrected chi connectivity index (χ1v) is 12.8. The third-order valence-corrected chi connectivity index (χ3v) is 7.57. The van der Waals surface area contributed by atoms with E-state index >= 15 is 0 Å². The molecule has 6 heteroatoms. The Hall–Kier alpha value is -3.64. The highest BCUT2D eigenvalue weighted by atomic mass is 16.2. The Kier molecular flexibility index (Phi) is 5.56. The molecule has 0 aliphatic carbocycles. The summed E-state index contributed by atoms with van der Waals surface area (Å²) in [6, 6.07) is 19.0. The van der Waals surface area contributed by atoms with Crippen LogP contribution >= 0.6 is 0 Å². The zero-order chi connectivity index (χ0) is 24.9. The van der Waals surface area contributed by atoms with Crippen molar-refractivity contribution in [2.24, 2.45) is 5.41 Å². The number of likely N-dealkylation sites (tertiary alicyclic amines) is 1. The zero-order valence-corrected chi connectivity index (χ0v) is 21.3. The molecule has 0 bridgehead atoms. The number of nitrogens with zero attached hydrogens (tertiary/aromatic N) is 4. The summed E-state index contributed by atoms with van der Waals surface area (Å²) in [6.45, 7) is 10.4. The van der Waals surface area contributed by atoms with Gasteiger partial charge in [0.25, 0.3) is 5.91 Å². The summed E-state index contributed by atoms with van der Waals surface area (Å²) < 4.78 is 0. The molecule has 2 aromatic carbocycles. The predicted molar refractivity (Wildman–Crippen MR) is 146 cm³/mol. The van der Waals surface area contributed by atoms with Gasteiger partial charge in [0.15, 0.2) is 0 Å². The molecular formula is C30H33N5O. The van der Waals surface area contributed by atoms with E-state index in [0.717, 1.165) is 78.1 Å². The van der Waals surface area contributed by atoms with E-state index in [4.69, 9.17) is 4.98 Å². The van der Waals surface area contributed by atoms with Crippen LogP contribution in [0.25, 0.3) is 33.3 Å². The first kappa shape index (κ1) is 22.8. The minimum absolute atomic E-state index is 0.115. The number of nitrogens with one attached hydrogen (secondary N) is 1. The number of carbonyl (C=O) groups excluding carboxylic acids is 1. The molecular weight excluding hydrogens is 446 g/mol. The fourth-order valence-corrected chi connectivity index (χ4v) is 5.44. The third kappa shape index (κ3) is 4.26. The van der Waals surface area contributed by atoms with Gasteiger partial charge in [-0.15, -0.1) is 0 Å². The summed E-state index contributed by atoms with van der Waals surface area (Å²) in [7, 11) is 2.18. The lowest BCUT2D eigenvalue weighted by Crippen LogP contribution is -2.55. The molecule has 6 rings (SSSR count). The number of benzene rings is 2. The van der Waals surface area contributed by atoms with Gasteiger partial charge in [-0.05, 0) is 53.9 Å². The molecule has 1 N–H and O–H groups in total. The fourth-order valence-electron chi connectivity index (χ4n) is 5.44. The summed E-state index contributed by atoms with van der Waals surface area (Å²) in [4.78, 5) is 27.5. The van der Waals surface area contributed by atoms with Crippen LogP contribution in [0.2, 0.25) is 0 Å². The Morgan fingerprint density at radius 3 is 2.22 bits per heavy atom. The van der Waals surface area contributed by atoms with E-state index in [1.807, 2.05) is 41.6 Å². The van der Waals surface area contributed by atoms with Crippen LogP contribution in [0.3, 0.4) is 0 Å². The quantitative estimate of drug-likeness (QED) is 0.441. The Bertz CT molecular complexity index is 1390. The average molecular weight is 480 g/mol. The molecule has 184 valence electrons. The maximum absolute atomic E-state index is 12.8. The SMILES string of the molecule is CN1CCN(c2ccc(-c3cnc4[nH]cc(-c5ccc(C(=O)N6CC(C)(C)C6)cc5)c4c3)cc2)CC1. The van der Waals surface area contributed by atoms with E-state index in [0.29, 0.717) is 0 Å². The molecule has 0 atom stereocenters. The molecule has 2 aromatic heterocycles. The minimum Gasteiger partial charge on any atom is -0.369 e. The van der Waals surface area contributed by atoms with E-state index in [1.165, 1.54) is 5.69 Å². The van der Waals surface area contributed by atoms with E-state index in [9.17, 15) is 4.79 Å². The van der Waals surface area contributed by atoms with Gasteiger partial charge in [-0.3, -0.25) is 4.79 Å². The number of aromatic nitrogens is 2. The first-order valence-electron chi connectivity index (χ1n) is 12.8. The van der Waals surface area contributed by atoms with Crippen molar-refractivity contribution in [3.63, 3.8) is 0 Å². The second-order valence-electron chi connectivity index (χ2n) is 11.1. The molecule has 0 radical (unpaired) electrons. The molecule has 0 saturated carbocycles. The molecule has 2 saturated heterocycles. The lowest BCUT2D eigenvalue weighted by molar-refractivity contribution is 0.0236. The van der Waals surface area contributed by atoms with E-state index in [-0.39, 0.29) is 11.3 Å². The van der Waals surface area contributed by atoms with Crippen LogP contribution in [0.15, 0.2) is 67.0 Å². The molecule has 2 aliphatic rings. The topological polar surface area (TPSA) is 55.5 Å². The largest absolute Gasteiger partial charge is 0.369 e. The summed E-state index contributed by atoms with van der Waals surface area (Å²) in [5.41, 5.74) is 7.55. The lowest BCUT2D eigenvalue weighted by atomic mass is 9.84. The Balaban J connectivity index is 1.23. The lowest BCUT2D eigenvalue weighted by Gasteiger charge is -2.45. The monoisotopic (exact) mass is 479 g/mol. The summed E-state index contributed by atoms with van der Waals surface area (Å²) in [5.74, 6) is 0.115. The number of likely N-dealkylation sites (N-methyl/N-ethyl adjacent to an activating group) is 1. The molecule has 6 nitrogen and oxygen atoms in total. The van der Waals surface area contributed by atoms with Crippen molar-refractivity contribution in [2.75, 3.05) is 51.2 Å². The number of pyridine rings is 1. The summed E-state index contributed by atoms with van der Waals surface area (Å²) in [6.07, 6.45) is 3.94. The van der Waals surface area contributed by atoms with Gasteiger partial charge in [0.1, 0.15) is 5.65 Å². The van der Waals surface area contributed by atoms with Crippen LogP contribution in [0.4, 0.5) is 5.69 Å². The number of aromatic amines is 1. The number of fused-ring (bicyclic) bond motifs is 1. The van der Waals surface area contributed by atoms with Crippen molar-refractivity contribution in [1.82, 2.24) is 19.8 Å². The van der Waals surface area contributed by atoms with Crippen molar-refractivity contribution in [2.45, 2.75) is 13.8 Å². The van der Waals surface area contributed by atoms with Crippen LogP contribution in [0.5, 0.6) is 0 Å². The van der Waals surface area contributed by atoms with Crippen LogP contribution in [-0.2, 0) is 0 Å². The van der Waals surface area contributed by atoms with Crippen LogP contribution in [-0.4, -0.2) is 72.0 Å². The van der Waals surface area contributed by atoms with Gasteiger partial charge in [0.05, 0.1) is 0 Å². The Morgan fingerprint density at radius 1 is 0.889 bits per heavy atom. The van der Waals surface area contributed by atoms with E-state index in [1.54, 1.807) is 0 Å². The zero-order valence-electron chi connectivity index (χ0n) is 21.3. The molecule has 36 heavy (non-hydrogen) atoms. The van der Waals surface area contributed by atoms with Crippen molar-refractivity contribution < 1.29 is 4.79 Å². The van der Waals surface area contributed by atoms with Gasteiger partial charge in [-0.1, -0.05) is 38.1 Å². The standard InChI is InChI=1S/C30H33N5O/c1-30(2)19-35(20-30)29(36)23-6-4-22(5-7-23)27-18-32-28-26(27)16-24(17-31-28)21-8-10-25(11-9-21)34-14-12-33(3)13-15-34/h4-11,16-18H,12-15,19-20H2,1-3H3,(H,31,32). The van der Waals surface area contributed by atoms with E-state index < -0.39 is 0 Å². The van der Waals surface area contributed by atoms with Gasteiger partial charge < -0.3 is 19.7 Å². The van der Waals surface area contributed by atoms with Gasteiger partial charge in [-0.25, -0.2) is 4.98 Å². The number of amides is 1. The fraction of sp³-hybridized carbons (Fsp3) is 0.333. The number of piperazine rings is 1. The number of rotatable bonds is 4. The summed E-state index contributed by atoms with van der Waals surface area (Å²) in [5, 5.41) is 1.08. The number of anilines is 1. The second kappa shape index (κ2) is 8.79. The van der Waals surface area contributed by atoms with Crippen molar-refractivity contribution >= 4 is 22.6 Å². The Labute approximate surface area is 212 Å². The first-order chi connectivity index (χ1) is 17.4. The van der Waals surface area contributed by atoms with Crippen molar-refractivity contribution in [3.8, 4) is 22.3 Å². The highest BCUT2D eigenvalue weighted by Crippen LogP contribution is 2.33. The number of H-pyrrole nitrogens is 1. The van der Waals surface area contributed by atoms with Gasteiger partial charge in [0.2, 0.25) is 0 Å². The number of hydrogen-bond donors (Lipinski definition) is 1. The average Bonchev–Trinajstić information content (AvgIpc) is 3.31. The maximum atomic E-state index is 12.8. The van der Waals surface area contributed by atoms with Crippen molar-refractivity contribution in [3.05, 3.63) is 72.6 Å². The number of carbonyl (C=O) groups is 1. The summed E-state index contributed by atoms with van der Waals surface area (Å²) >= 11 is 0. The molecule has 0 spiro atoms. The Morgan fingerprint density at radius 2 is 1.56 bits per heavy atom. The smallest absolute Gasteiger partial charge is 0.253 e. The van der Waals surface area contributed by atoms with Crippen molar-refractivity contribution in [1.29, 1.82) is 0 Å². The molecule has 1 amide bonds. The van der Waals surface area contributed by atoms with Crippen LogP contribution < -0.4 is 4.90 Å². The molecule has 4 aromatic rings. The minimum atomic E-state index is 0.115.